The van der Waals surface area contributed by atoms with Crippen molar-refractivity contribution in [1.29, 1.82) is 0 Å². The lowest BCUT2D eigenvalue weighted by atomic mass is 10.1. The molecule has 2 heterocycles. The Morgan fingerprint density at radius 2 is 1.65 bits per heavy atom. The number of sulfonamides is 1. The van der Waals surface area contributed by atoms with Gasteiger partial charge in [-0.2, -0.15) is 0 Å². The Balaban J connectivity index is 1.41. The molecule has 8 nitrogen and oxygen atoms in total. The molecule has 1 N–H and O–H groups in total. The van der Waals surface area contributed by atoms with E-state index in [1.807, 2.05) is 12.1 Å². The monoisotopic (exact) mass is 478 g/mol. The van der Waals surface area contributed by atoms with Gasteiger partial charge < -0.3 is 9.64 Å². The summed E-state index contributed by atoms with van der Waals surface area (Å²) >= 11 is 6.95. The number of carbonyl (C=O) groups excluding carboxylic acids is 1. The average molecular weight is 479 g/mol. The lowest BCUT2D eigenvalue weighted by Crippen LogP contribution is -2.41. The van der Waals surface area contributed by atoms with Crippen molar-refractivity contribution in [3.8, 4) is 11.1 Å². The van der Waals surface area contributed by atoms with Crippen LogP contribution >= 0.6 is 22.9 Å². The molecule has 11 heteroatoms. The molecule has 4 rings (SSSR count). The van der Waals surface area contributed by atoms with Crippen LogP contribution in [-0.2, 0) is 26.0 Å². The summed E-state index contributed by atoms with van der Waals surface area (Å²) in [6.45, 7) is 2.12. The molecule has 0 radical (unpaired) electrons. The summed E-state index contributed by atoms with van der Waals surface area (Å²) in [6.07, 6.45) is 0.0786. The van der Waals surface area contributed by atoms with Gasteiger partial charge in [-0.15, -0.1) is 10.2 Å². The van der Waals surface area contributed by atoms with Gasteiger partial charge in [0.2, 0.25) is 11.0 Å². The van der Waals surface area contributed by atoms with Crippen molar-refractivity contribution < 1.29 is 17.9 Å². The molecule has 1 amide bonds. The van der Waals surface area contributed by atoms with E-state index in [0.717, 1.165) is 22.5 Å². The molecular formula is C20H19ClN4O4S2. The van der Waals surface area contributed by atoms with E-state index < -0.39 is 10.0 Å². The molecule has 0 atom stereocenters. The molecule has 1 aliphatic heterocycles. The molecule has 1 saturated heterocycles. The van der Waals surface area contributed by atoms with Gasteiger partial charge in [-0.3, -0.25) is 9.52 Å². The van der Waals surface area contributed by atoms with Crippen molar-refractivity contribution in [2.24, 2.45) is 0 Å². The van der Waals surface area contributed by atoms with Crippen LogP contribution in [0.1, 0.15) is 5.01 Å². The molecule has 0 aliphatic carbocycles. The molecule has 0 bridgehead atoms. The van der Waals surface area contributed by atoms with Crippen LogP contribution in [-0.4, -0.2) is 55.7 Å². The maximum absolute atomic E-state index is 12.7. The highest BCUT2D eigenvalue weighted by Gasteiger charge is 2.21. The Hall–Kier alpha value is -2.53. The summed E-state index contributed by atoms with van der Waals surface area (Å²) in [6, 6.07) is 13.8. The zero-order valence-corrected chi connectivity index (χ0v) is 18.7. The number of hydrogen-bond donors (Lipinski definition) is 1. The molecule has 1 aliphatic rings. The van der Waals surface area contributed by atoms with Crippen LogP contribution in [0.3, 0.4) is 0 Å². The van der Waals surface area contributed by atoms with Crippen LogP contribution in [0.15, 0.2) is 53.4 Å². The minimum absolute atomic E-state index is 0.0772. The molecule has 31 heavy (non-hydrogen) atoms. The van der Waals surface area contributed by atoms with Gasteiger partial charge in [0.05, 0.1) is 24.5 Å². The number of halogens is 1. The molecule has 1 fully saturated rings. The Kier molecular flexibility index (Phi) is 6.51. The van der Waals surface area contributed by atoms with Gasteiger partial charge in [-0.25, -0.2) is 8.42 Å². The smallest absolute Gasteiger partial charge is 0.263 e. The van der Waals surface area contributed by atoms with Crippen molar-refractivity contribution in [2.45, 2.75) is 11.3 Å². The van der Waals surface area contributed by atoms with E-state index in [2.05, 4.69) is 14.9 Å². The van der Waals surface area contributed by atoms with Crippen molar-refractivity contribution in [2.75, 3.05) is 31.0 Å². The summed E-state index contributed by atoms with van der Waals surface area (Å²) in [5, 5.41) is 9.01. The van der Waals surface area contributed by atoms with Crippen LogP contribution in [0.25, 0.3) is 11.1 Å². The van der Waals surface area contributed by atoms with Gasteiger partial charge in [0.15, 0.2) is 0 Å². The summed E-state index contributed by atoms with van der Waals surface area (Å²) < 4.78 is 33.1. The second-order valence-electron chi connectivity index (χ2n) is 6.81. The predicted octanol–water partition coefficient (Wildman–Crippen LogP) is 3.06. The van der Waals surface area contributed by atoms with Gasteiger partial charge in [-0.05, 0) is 35.4 Å². The third-order valence-electron chi connectivity index (χ3n) is 4.70. The molecule has 1 aromatic heterocycles. The van der Waals surface area contributed by atoms with E-state index in [4.69, 9.17) is 16.3 Å². The predicted molar refractivity (Wildman–Crippen MR) is 119 cm³/mol. The van der Waals surface area contributed by atoms with E-state index in [1.165, 1.54) is 12.1 Å². The number of anilines is 1. The number of hydrogen-bond acceptors (Lipinski definition) is 7. The maximum atomic E-state index is 12.7. The van der Waals surface area contributed by atoms with E-state index in [-0.39, 0.29) is 22.4 Å². The third kappa shape index (κ3) is 5.40. The van der Waals surface area contributed by atoms with Crippen LogP contribution in [0.5, 0.6) is 0 Å². The van der Waals surface area contributed by atoms with Gasteiger partial charge in [0.25, 0.3) is 10.0 Å². The SMILES string of the molecule is O=C(Cc1nnc(NS(=O)(=O)c2ccc(-c3ccc(Cl)cc3)cc2)s1)N1CCOCC1. The van der Waals surface area contributed by atoms with Gasteiger partial charge in [0, 0.05) is 18.1 Å². The number of nitrogens with zero attached hydrogens (tertiary/aromatic N) is 3. The molecule has 0 unspecified atom stereocenters. The molecular weight excluding hydrogens is 460 g/mol. The highest BCUT2D eigenvalue weighted by Crippen LogP contribution is 2.25. The normalized spacial score (nSPS) is 14.4. The summed E-state index contributed by atoms with van der Waals surface area (Å²) in [4.78, 5) is 14.1. The molecule has 162 valence electrons. The highest BCUT2D eigenvalue weighted by molar-refractivity contribution is 7.93. The fourth-order valence-corrected chi connectivity index (χ4v) is 5.15. The third-order valence-corrected chi connectivity index (χ3v) is 7.27. The number of nitrogens with one attached hydrogen (secondary N) is 1. The van der Waals surface area contributed by atoms with Crippen molar-refractivity contribution in [3.63, 3.8) is 0 Å². The highest BCUT2D eigenvalue weighted by atomic mass is 35.5. The first-order valence-electron chi connectivity index (χ1n) is 9.47. The molecule has 3 aromatic rings. The van der Waals surface area contributed by atoms with Gasteiger partial charge in [-0.1, -0.05) is 47.2 Å². The molecule has 0 saturated carbocycles. The van der Waals surface area contributed by atoms with E-state index >= 15 is 0 Å². The summed E-state index contributed by atoms with van der Waals surface area (Å²) in [5.41, 5.74) is 1.80. The molecule has 2 aromatic carbocycles. The number of amides is 1. The topological polar surface area (TPSA) is 101 Å². The zero-order valence-electron chi connectivity index (χ0n) is 16.3. The molecule has 0 spiro atoms. The zero-order chi connectivity index (χ0) is 21.8. The lowest BCUT2D eigenvalue weighted by Gasteiger charge is -2.26. The van der Waals surface area contributed by atoms with E-state index in [1.54, 1.807) is 29.2 Å². The average Bonchev–Trinajstić information content (AvgIpc) is 3.21. The Labute approximate surface area is 188 Å². The Morgan fingerprint density at radius 1 is 1.03 bits per heavy atom. The van der Waals surface area contributed by atoms with E-state index in [0.29, 0.717) is 36.3 Å². The first kappa shape index (κ1) is 21.7. The van der Waals surface area contributed by atoms with Crippen molar-refractivity contribution >= 4 is 44.0 Å². The standard InChI is InChI=1S/C20H19ClN4O4S2/c21-16-5-1-14(2-6-16)15-3-7-17(8-4-15)31(27,28)24-20-23-22-18(30-20)13-19(26)25-9-11-29-12-10-25/h1-8H,9-13H2,(H,23,24). The Morgan fingerprint density at radius 3 is 2.29 bits per heavy atom. The van der Waals surface area contributed by atoms with Gasteiger partial charge >= 0.3 is 0 Å². The fourth-order valence-electron chi connectivity index (χ4n) is 3.06. The lowest BCUT2D eigenvalue weighted by molar-refractivity contribution is -0.134. The number of rotatable bonds is 6. The first-order chi connectivity index (χ1) is 14.9. The summed E-state index contributed by atoms with van der Waals surface area (Å²) in [7, 11) is -3.83. The van der Waals surface area contributed by atoms with Crippen molar-refractivity contribution in [3.05, 3.63) is 58.6 Å². The number of carbonyl (C=O) groups is 1. The van der Waals surface area contributed by atoms with Crippen LogP contribution in [0.2, 0.25) is 5.02 Å². The fraction of sp³-hybridized carbons (Fsp3) is 0.250. The van der Waals surface area contributed by atoms with E-state index in [9.17, 15) is 13.2 Å². The minimum Gasteiger partial charge on any atom is -0.378 e. The van der Waals surface area contributed by atoms with Crippen molar-refractivity contribution in [1.82, 2.24) is 15.1 Å². The summed E-state index contributed by atoms with van der Waals surface area (Å²) in [5.74, 6) is -0.0772. The number of benzene rings is 2. The van der Waals surface area contributed by atoms with Crippen LogP contribution in [0, 0.1) is 0 Å². The second kappa shape index (κ2) is 9.31. The van der Waals surface area contributed by atoms with Crippen LogP contribution < -0.4 is 4.72 Å². The number of ether oxygens (including phenoxy) is 1. The van der Waals surface area contributed by atoms with Gasteiger partial charge in [0.1, 0.15) is 5.01 Å². The number of aromatic nitrogens is 2. The minimum atomic E-state index is -3.83. The second-order valence-corrected chi connectivity index (χ2v) is 9.99. The Bertz CT molecular complexity index is 1160. The largest absolute Gasteiger partial charge is 0.378 e. The maximum Gasteiger partial charge on any atom is 0.263 e. The quantitative estimate of drug-likeness (QED) is 0.584. The first-order valence-corrected chi connectivity index (χ1v) is 12.2. The number of morpholine rings is 1. The van der Waals surface area contributed by atoms with Crippen LogP contribution in [0.4, 0.5) is 5.13 Å².